The molecule has 0 spiro atoms. The number of aryl methyl sites for hydroxylation is 2. The number of hydrogen-bond acceptors (Lipinski definition) is 5. The van der Waals surface area contributed by atoms with Gasteiger partial charge in [-0.1, -0.05) is 48.5 Å². The van der Waals surface area contributed by atoms with Crippen LogP contribution in [0.15, 0.2) is 59.4 Å². The summed E-state index contributed by atoms with van der Waals surface area (Å²) < 4.78 is 0. The van der Waals surface area contributed by atoms with Crippen molar-refractivity contribution in [1.82, 2.24) is 9.97 Å². The summed E-state index contributed by atoms with van der Waals surface area (Å²) in [6, 6.07) is 16.8. The minimum absolute atomic E-state index is 0.138. The fourth-order valence-electron chi connectivity index (χ4n) is 2.96. The first-order valence-corrected chi connectivity index (χ1v) is 9.32. The molecular weight excluding hydrogens is 358 g/mol. The number of rotatable bonds is 4. The molecule has 0 unspecified atom stereocenters. The highest BCUT2D eigenvalue weighted by atomic mass is 32.1. The second-order valence-corrected chi connectivity index (χ2v) is 7.29. The van der Waals surface area contributed by atoms with E-state index in [0.29, 0.717) is 32.2 Å². The molecule has 2 heterocycles. The lowest BCUT2D eigenvalue weighted by Crippen LogP contribution is -2.11. The van der Waals surface area contributed by atoms with E-state index in [1.165, 1.54) is 11.3 Å². The van der Waals surface area contributed by atoms with Crippen LogP contribution in [-0.4, -0.2) is 15.8 Å². The molecule has 0 radical (unpaired) electrons. The number of H-pyrrole nitrogens is 1. The summed E-state index contributed by atoms with van der Waals surface area (Å²) in [6.07, 6.45) is 0. The van der Waals surface area contributed by atoms with Crippen molar-refractivity contribution < 1.29 is 4.79 Å². The zero-order valence-corrected chi connectivity index (χ0v) is 15.7. The molecule has 6 heteroatoms. The number of para-hydroxylation sites is 1. The van der Waals surface area contributed by atoms with E-state index in [-0.39, 0.29) is 11.3 Å². The number of aromatic amines is 1. The number of benzene rings is 2. The highest BCUT2D eigenvalue weighted by Crippen LogP contribution is 2.36. The molecule has 0 aliphatic rings. The van der Waals surface area contributed by atoms with E-state index in [1.54, 1.807) is 19.1 Å². The number of nitrogens with one attached hydrogen (secondary N) is 2. The largest absolute Gasteiger partial charge is 0.346 e. The standard InChI is InChI=1S/C21H17N3O2S/c1-12-8-6-7-11-15(12)24-21-16-17(22-13(2)23-20(16)26)19(27-21)18(25)14-9-4-3-5-10-14/h3-11,24H,1-2H3,(H,22,23,26). The number of carbonyl (C=O) groups excluding carboxylic acids is 1. The Hall–Kier alpha value is -3.25. The van der Waals surface area contributed by atoms with Crippen molar-refractivity contribution in [3.8, 4) is 0 Å². The molecule has 5 nitrogen and oxygen atoms in total. The molecule has 2 N–H and O–H groups in total. The van der Waals surface area contributed by atoms with E-state index in [2.05, 4.69) is 15.3 Å². The average molecular weight is 375 g/mol. The molecule has 0 aliphatic heterocycles. The number of thiophene rings is 1. The van der Waals surface area contributed by atoms with Gasteiger partial charge < -0.3 is 10.3 Å². The fraction of sp³-hybridized carbons (Fsp3) is 0.0952. The number of ketones is 1. The molecular formula is C21H17N3O2S. The number of carbonyl (C=O) groups is 1. The first-order valence-electron chi connectivity index (χ1n) is 8.50. The maximum absolute atomic E-state index is 13.0. The summed E-state index contributed by atoms with van der Waals surface area (Å²) in [7, 11) is 0. The Morgan fingerprint density at radius 1 is 1.04 bits per heavy atom. The minimum Gasteiger partial charge on any atom is -0.346 e. The highest BCUT2D eigenvalue weighted by molar-refractivity contribution is 7.20. The molecule has 4 rings (SSSR count). The predicted molar refractivity (Wildman–Crippen MR) is 109 cm³/mol. The van der Waals surface area contributed by atoms with Gasteiger partial charge in [0.2, 0.25) is 5.78 Å². The number of hydrogen-bond donors (Lipinski definition) is 2. The van der Waals surface area contributed by atoms with E-state index in [9.17, 15) is 9.59 Å². The SMILES string of the molecule is Cc1nc2c(C(=O)c3ccccc3)sc(Nc3ccccc3C)c2c(=O)[nH]1. The molecule has 0 saturated carbocycles. The lowest BCUT2D eigenvalue weighted by molar-refractivity contribution is 0.104. The molecule has 0 amide bonds. The molecule has 27 heavy (non-hydrogen) atoms. The lowest BCUT2D eigenvalue weighted by Gasteiger charge is -2.07. The Kier molecular flexibility index (Phi) is 4.33. The number of aromatic nitrogens is 2. The number of anilines is 2. The maximum atomic E-state index is 13.0. The number of nitrogens with zero attached hydrogens (tertiary/aromatic N) is 1. The van der Waals surface area contributed by atoms with Crippen molar-refractivity contribution in [1.29, 1.82) is 0 Å². The van der Waals surface area contributed by atoms with Crippen molar-refractivity contribution in [3.63, 3.8) is 0 Å². The lowest BCUT2D eigenvalue weighted by atomic mass is 10.1. The minimum atomic E-state index is -0.253. The first-order chi connectivity index (χ1) is 13.0. The summed E-state index contributed by atoms with van der Waals surface area (Å²) in [4.78, 5) is 33.3. The molecule has 2 aromatic heterocycles. The Labute approximate surface area is 159 Å². The summed E-state index contributed by atoms with van der Waals surface area (Å²) in [5, 5.41) is 4.34. The maximum Gasteiger partial charge on any atom is 0.261 e. The van der Waals surface area contributed by atoms with Crippen LogP contribution in [0.4, 0.5) is 10.7 Å². The zero-order valence-electron chi connectivity index (χ0n) is 14.9. The monoisotopic (exact) mass is 375 g/mol. The van der Waals surface area contributed by atoms with Gasteiger partial charge in [0, 0.05) is 11.3 Å². The van der Waals surface area contributed by atoms with E-state index in [4.69, 9.17) is 0 Å². The zero-order chi connectivity index (χ0) is 19.0. The molecule has 134 valence electrons. The van der Waals surface area contributed by atoms with Gasteiger partial charge in [-0.15, -0.1) is 11.3 Å². The topological polar surface area (TPSA) is 74.8 Å². The summed E-state index contributed by atoms with van der Waals surface area (Å²) in [6.45, 7) is 3.70. The van der Waals surface area contributed by atoms with Crippen LogP contribution in [0.25, 0.3) is 10.9 Å². The van der Waals surface area contributed by atoms with Crippen LogP contribution in [0.1, 0.15) is 26.6 Å². The molecule has 0 bridgehead atoms. The Bertz CT molecular complexity index is 1210. The van der Waals surface area contributed by atoms with Crippen molar-refractivity contribution in [2.24, 2.45) is 0 Å². The Morgan fingerprint density at radius 2 is 1.74 bits per heavy atom. The Balaban J connectivity index is 1.92. The normalized spacial score (nSPS) is 10.9. The second-order valence-electron chi connectivity index (χ2n) is 6.27. The average Bonchev–Trinajstić information content (AvgIpc) is 3.02. The van der Waals surface area contributed by atoms with Gasteiger partial charge in [0.15, 0.2) is 0 Å². The van der Waals surface area contributed by atoms with Crippen LogP contribution in [0.5, 0.6) is 0 Å². The van der Waals surface area contributed by atoms with Gasteiger partial charge in [0.1, 0.15) is 26.6 Å². The van der Waals surface area contributed by atoms with Crippen molar-refractivity contribution in [3.05, 3.63) is 86.8 Å². The molecule has 2 aromatic carbocycles. The van der Waals surface area contributed by atoms with Crippen LogP contribution in [-0.2, 0) is 0 Å². The van der Waals surface area contributed by atoms with Gasteiger partial charge >= 0.3 is 0 Å². The van der Waals surface area contributed by atoms with Crippen molar-refractivity contribution in [2.75, 3.05) is 5.32 Å². The van der Waals surface area contributed by atoms with Crippen LogP contribution in [0, 0.1) is 13.8 Å². The van der Waals surface area contributed by atoms with Gasteiger partial charge in [0.25, 0.3) is 5.56 Å². The summed E-state index contributed by atoms with van der Waals surface area (Å²) in [5.41, 5.74) is 2.69. The molecule has 4 aromatic rings. The summed E-state index contributed by atoms with van der Waals surface area (Å²) >= 11 is 1.26. The molecule has 0 atom stereocenters. The van der Waals surface area contributed by atoms with E-state index in [0.717, 1.165) is 11.3 Å². The highest BCUT2D eigenvalue weighted by Gasteiger charge is 2.22. The van der Waals surface area contributed by atoms with Gasteiger partial charge in [0.05, 0.1) is 0 Å². The van der Waals surface area contributed by atoms with Gasteiger partial charge in [-0.25, -0.2) is 4.98 Å². The van der Waals surface area contributed by atoms with E-state index >= 15 is 0 Å². The second kappa shape index (κ2) is 6.81. The molecule has 0 fully saturated rings. The number of fused-ring (bicyclic) bond motifs is 1. The van der Waals surface area contributed by atoms with Crippen LogP contribution in [0.2, 0.25) is 0 Å². The summed E-state index contributed by atoms with van der Waals surface area (Å²) in [5.74, 6) is 0.343. The van der Waals surface area contributed by atoms with E-state index in [1.807, 2.05) is 49.4 Å². The third kappa shape index (κ3) is 3.15. The fourth-order valence-corrected chi connectivity index (χ4v) is 4.07. The first kappa shape index (κ1) is 17.2. The van der Waals surface area contributed by atoms with Gasteiger partial charge in [-0.3, -0.25) is 9.59 Å². The van der Waals surface area contributed by atoms with Crippen molar-refractivity contribution >= 4 is 38.7 Å². The predicted octanol–water partition coefficient (Wildman–Crippen LogP) is 4.58. The smallest absolute Gasteiger partial charge is 0.261 e. The van der Waals surface area contributed by atoms with Gasteiger partial charge in [-0.2, -0.15) is 0 Å². The third-order valence-corrected chi connectivity index (χ3v) is 5.41. The van der Waals surface area contributed by atoms with Gasteiger partial charge in [-0.05, 0) is 25.5 Å². The van der Waals surface area contributed by atoms with Crippen LogP contribution in [0.3, 0.4) is 0 Å². The molecule has 0 saturated heterocycles. The van der Waals surface area contributed by atoms with Crippen molar-refractivity contribution in [2.45, 2.75) is 13.8 Å². The van der Waals surface area contributed by atoms with Crippen LogP contribution < -0.4 is 10.9 Å². The van der Waals surface area contributed by atoms with Crippen LogP contribution >= 0.6 is 11.3 Å². The molecule has 0 aliphatic carbocycles. The quantitative estimate of drug-likeness (QED) is 0.512. The third-order valence-electron chi connectivity index (χ3n) is 4.32. The Morgan fingerprint density at radius 3 is 2.48 bits per heavy atom. The van der Waals surface area contributed by atoms with E-state index < -0.39 is 0 Å².